The normalized spacial score (nSPS) is 12.3. The number of rotatable bonds is 5. The van der Waals surface area contributed by atoms with E-state index in [2.05, 4.69) is 0 Å². The third kappa shape index (κ3) is 3.06. The maximum atomic E-state index is 9.07. The lowest BCUT2D eigenvalue weighted by Crippen LogP contribution is -2.03. The predicted molar refractivity (Wildman–Crippen MR) is 66.7 cm³/mol. The molecule has 0 spiro atoms. The van der Waals surface area contributed by atoms with Crippen LogP contribution in [0.3, 0.4) is 0 Å². The zero-order valence-corrected chi connectivity index (χ0v) is 10.9. The van der Waals surface area contributed by atoms with E-state index in [-0.39, 0.29) is 11.9 Å². The number of hydrogen-bond acceptors (Lipinski definition) is 4. The summed E-state index contributed by atoms with van der Waals surface area (Å²) in [6.07, 6.45) is 0. The van der Waals surface area contributed by atoms with Gasteiger partial charge < -0.3 is 14.6 Å². The molecule has 1 aromatic rings. The quantitative estimate of drug-likeness (QED) is 0.805. The van der Waals surface area contributed by atoms with Gasteiger partial charge in [0.1, 0.15) is 11.5 Å². The highest BCUT2D eigenvalue weighted by atomic mass is 32.2. The van der Waals surface area contributed by atoms with Crippen LogP contribution in [0.4, 0.5) is 0 Å². The Kier molecular flexibility index (Phi) is 4.96. The molecular weight excluding hydrogens is 224 g/mol. The van der Waals surface area contributed by atoms with Gasteiger partial charge in [0.2, 0.25) is 0 Å². The average molecular weight is 242 g/mol. The molecule has 1 rings (SSSR count). The average Bonchev–Trinajstić information content (AvgIpc) is 2.30. The largest absolute Gasteiger partial charge is 0.497 e. The lowest BCUT2D eigenvalue weighted by Gasteiger charge is -2.15. The summed E-state index contributed by atoms with van der Waals surface area (Å²) >= 11 is 1.61. The number of benzene rings is 1. The Morgan fingerprint density at radius 3 is 2.50 bits per heavy atom. The van der Waals surface area contributed by atoms with Crippen molar-refractivity contribution in [1.29, 1.82) is 0 Å². The fraction of sp³-hybridized carbons (Fsp3) is 0.500. The van der Waals surface area contributed by atoms with Crippen molar-refractivity contribution < 1.29 is 14.6 Å². The monoisotopic (exact) mass is 242 g/mol. The van der Waals surface area contributed by atoms with Crippen molar-refractivity contribution in [2.24, 2.45) is 0 Å². The number of aryl methyl sites for hydroxylation is 1. The number of thioether (sulfide) groups is 1. The molecule has 0 aliphatic rings. The molecule has 0 heterocycles. The molecule has 4 heteroatoms. The third-order valence-electron chi connectivity index (χ3n) is 2.25. The minimum atomic E-state index is 0.152. The summed E-state index contributed by atoms with van der Waals surface area (Å²) in [5.74, 6) is 1.58. The molecule has 0 bridgehead atoms. The standard InChI is InChI=1S/C12H18O3S/c1-8-5-10(14-3)6-11(15-4)12(8)16-9(2)7-13/h5-6,9,13H,7H2,1-4H3. The van der Waals surface area contributed by atoms with Crippen LogP contribution in [-0.4, -0.2) is 31.2 Å². The summed E-state index contributed by atoms with van der Waals surface area (Å²) < 4.78 is 10.5. The van der Waals surface area contributed by atoms with Gasteiger partial charge >= 0.3 is 0 Å². The van der Waals surface area contributed by atoms with Crippen LogP contribution in [0.15, 0.2) is 17.0 Å². The molecule has 0 radical (unpaired) electrons. The zero-order chi connectivity index (χ0) is 12.1. The van der Waals surface area contributed by atoms with Gasteiger partial charge in [0.15, 0.2) is 0 Å². The highest BCUT2D eigenvalue weighted by Crippen LogP contribution is 2.37. The second-order valence-electron chi connectivity index (χ2n) is 3.59. The summed E-state index contributed by atoms with van der Waals surface area (Å²) in [4.78, 5) is 1.06. The fourth-order valence-electron chi connectivity index (χ4n) is 1.37. The van der Waals surface area contributed by atoms with Crippen molar-refractivity contribution in [3.05, 3.63) is 17.7 Å². The summed E-state index contributed by atoms with van der Waals surface area (Å²) in [5, 5.41) is 9.22. The smallest absolute Gasteiger partial charge is 0.136 e. The minimum absolute atomic E-state index is 0.152. The lowest BCUT2D eigenvalue weighted by molar-refractivity contribution is 0.300. The molecule has 0 amide bonds. The van der Waals surface area contributed by atoms with Crippen molar-refractivity contribution in [3.63, 3.8) is 0 Å². The highest BCUT2D eigenvalue weighted by molar-refractivity contribution is 8.00. The van der Waals surface area contributed by atoms with E-state index in [0.717, 1.165) is 22.0 Å². The van der Waals surface area contributed by atoms with E-state index >= 15 is 0 Å². The Bertz CT molecular complexity index is 352. The molecule has 0 aliphatic heterocycles. The van der Waals surface area contributed by atoms with Crippen LogP contribution in [-0.2, 0) is 0 Å². The van der Waals surface area contributed by atoms with Crippen molar-refractivity contribution >= 4 is 11.8 Å². The van der Waals surface area contributed by atoms with Gasteiger partial charge in [-0.15, -0.1) is 11.8 Å². The molecule has 1 N–H and O–H groups in total. The van der Waals surface area contributed by atoms with Crippen LogP contribution in [0.2, 0.25) is 0 Å². The molecule has 90 valence electrons. The van der Waals surface area contributed by atoms with E-state index in [0.29, 0.717) is 0 Å². The Morgan fingerprint density at radius 1 is 1.31 bits per heavy atom. The number of hydrogen-bond donors (Lipinski definition) is 1. The molecule has 1 aromatic carbocycles. The second-order valence-corrected chi connectivity index (χ2v) is 5.04. The molecule has 16 heavy (non-hydrogen) atoms. The number of aliphatic hydroxyl groups excluding tert-OH is 1. The second kappa shape index (κ2) is 6.01. The van der Waals surface area contributed by atoms with Gasteiger partial charge in [-0.05, 0) is 18.6 Å². The maximum absolute atomic E-state index is 9.07. The van der Waals surface area contributed by atoms with Crippen molar-refractivity contribution in [3.8, 4) is 11.5 Å². The van der Waals surface area contributed by atoms with E-state index < -0.39 is 0 Å². The number of methoxy groups -OCH3 is 2. The number of ether oxygens (including phenoxy) is 2. The van der Waals surface area contributed by atoms with Crippen LogP contribution in [0.1, 0.15) is 12.5 Å². The van der Waals surface area contributed by atoms with Crippen LogP contribution in [0.5, 0.6) is 11.5 Å². The van der Waals surface area contributed by atoms with Crippen LogP contribution >= 0.6 is 11.8 Å². The van der Waals surface area contributed by atoms with Gasteiger partial charge in [0.25, 0.3) is 0 Å². The van der Waals surface area contributed by atoms with Gasteiger partial charge in [-0.1, -0.05) is 6.92 Å². The molecule has 3 nitrogen and oxygen atoms in total. The molecular formula is C12H18O3S. The molecule has 0 aromatic heterocycles. The van der Waals surface area contributed by atoms with E-state index in [1.165, 1.54) is 0 Å². The SMILES string of the molecule is COc1cc(C)c(SC(C)CO)c(OC)c1. The number of aliphatic hydroxyl groups is 1. The van der Waals surface area contributed by atoms with Gasteiger partial charge in [-0.3, -0.25) is 0 Å². The van der Waals surface area contributed by atoms with Crippen molar-refractivity contribution in [2.75, 3.05) is 20.8 Å². The summed E-state index contributed by atoms with van der Waals surface area (Å²) in [7, 11) is 3.28. The molecule has 1 atom stereocenters. The molecule has 0 saturated heterocycles. The Balaban J connectivity index is 3.06. The van der Waals surface area contributed by atoms with Crippen LogP contribution in [0.25, 0.3) is 0 Å². The maximum Gasteiger partial charge on any atom is 0.136 e. The first kappa shape index (κ1) is 13.2. The Morgan fingerprint density at radius 2 is 2.00 bits per heavy atom. The first-order valence-electron chi connectivity index (χ1n) is 5.12. The Labute approximate surface area is 101 Å². The van der Waals surface area contributed by atoms with Gasteiger partial charge in [-0.25, -0.2) is 0 Å². The summed E-state index contributed by atoms with van der Waals surface area (Å²) in [6, 6.07) is 3.83. The predicted octanol–water partition coefficient (Wildman–Crippen LogP) is 2.49. The molecule has 0 aliphatic carbocycles. The lowest BCUT2D eigenvalue weighted by atomic mass is 10.2. The van der Waals surface area contributed by atoms with Crippen LogP contribution in [0, 0.1) is 6.92 Å². The van der Waals surface area contributed by atoms with E-state index in [1.807, 2.05) is 26.0 Å². The minimum Gasteiger partial charge on any atom is -0.497 e. The highest BCUT2D eigenvalue weighted by Gasteiger charge is 2.13. The zero-order valence-electron chi connectivity index (χ0n) is 10.1. The van der Waals surface area contributed by atoms with E-state index in [1.54, 1.807) is 26.0 Å². The van der Waals surface area contributed by atoms with Gasteiger partial charge in [-0.2, -0.15) is 0 Å². The third-order valence-corrected chi connectivity index (χ3v) is 3.56. The summed E-state index contributed by atoms with van der Waals surface area (Å²) in [5.41, 5.74) is 1.10. The molecule has 0 saturated carbocycles. The topological polar surface area (TPSA) is 38.7 Å². The Hall–Kier alpha value is -0.870. The van der Waals surface area contributed by atoms with E-state index in [4.69, 9.17) is 14.6 Å². The van der Waals surface area contributed by atoms with Crippen molar-refractivity contribution in [2.45, 2.75) is 24.0 Å². The molecule has 0 fully saturated rings. The molecule has 1 unspecified atom stereocenters. The summed E-state index contributed by atoms with van der Waals surface area (Å²) in [6.45, 7) is 4.14. The van der Waals surface area contributed by atoms with Gasteiger partial charge in [0, 0.05) is 11.3 Å². The van der Waals surface area contributed by atoms with Gasteiger partial charge in [0.05, 0.1) is 25.7 Å². The fourth-order valence-corrected chi connectivity index (χ4v) is 2.35. The van der Waals surface area contributed by atoms with Crippen molar-refractivity contribution in [1.82, 2.24) is 0 Å². The first-order chi connectivity index (χ1) is 7.62. The van der Waals surface area contributed by atoms with E-state index in [9.17, 15) is 0 Å². The van der Waals surface area contributed by atoms with Crippen LogP contribution < -0.4 is 9.47 Å². The first-order valence-corrected chi connectivity index (χ1v) is 6.00.